The Labute approximate surface area is 105 Å². The molecule has 0 aliphatic heterocycles. The number of methoxy groups -OCH3 is 2. The first kappa shape index (κ1) is 12.7. The zero-order valence-electron chi connectivity index (χ0n) is 10.3. The summed E-state index contributed by atoms with van der Waals surface area (Å²) in [5, 5.41) is 19.1. The van der Waals surface area contributed by atoms with Gasteiger partial charge in [-0.25, -0.2) is 0 Å². The predicted octanol–water partition coefficient (Wildman–Crippen LogP) is 1.38. The van der Waals surface area contributed by atoms with E-state index in [0.29, 0.717) is 23.5 Å². The van der Waals surface area contributed by atoms with E-state index in [1.807, 2.05) is 0 Å². The number of benzene rings is 1. The number of rotatable bonds is 3. The molecular formula is C13H16O5. The van der Waals surface area contributed by atoms with Crippen LogP contribution in [-0.4, -0.2) is 30.4 Å². The molecule has 0 fully saturated rings. The number of aliphatic hydroxyl groups excluding tert-OH is 1. The lowest BCUT2D eigenvalue weighted by Crippen LogP contribution is -2.25. The Morgan fingerprint density at radius 3 is 2.61 bits per heavy atom. The summed E-state index contributed by atoms with van der Waals surface area (Å²) in [5.74, 6) is -0.310. The van der Waals surface area contributed by atoms with Crippen LogP contribution in [0.4, 0.5) is 0 Å². The number of carboxylic acid groups (broad SMARTS) is 1. The topological polar surface area (TPSA) is 76.0 Å². The fourth-order valence-corrected chi connectivity index (χ4v) is 2.41. The zero-order valence-corrected chi connectivity index (χ0v) is 10.3. The van der Waals surface area contributed by atoms with Crippen LogP contribution in [0.2, 0.25) is 0 Å². The van der Waals surface area contributed by atoms with Gasteiger partial charge in [0.1, 0.15) is 11.5 Å². The van der Waals surface area contributed by atoms with Gasteiger partial charge in [0.15, 0.2) is 0 Å². The highest BCUT2D eigenvalue weighted by Crippen LogP contribution is 2.41. The van der Waals surface area contributed by atoms with Gasteiger partial charge >= 0.3 is 5.97 Å². The number of ether oxygens (including phenoxy) is 2. The maximum atomic E-state index is 11.0. The second kappa shape index (κ2) is 4.86. The maximum Gasteiger partial charge on any atom is 0.306 e. The van der Waals surface area contributed by atoms with E-state index in [1.165, 1.54) is 14.2 Å². The summed E-state index contributed by atoms with van der Waals surface area (Å²) in [6.07, 6.45) is -0.212. The highest BCUT2D eigenvalue weighted by atomic mass is 16.5. The smallest absolute Gasteiger partial charge is 0.306 e. The monoisotopic (exact) mass is 252 g/mol. The van der Waals surface area contributed by atoms with Crippen LogP contribution >= 0.6 is 0 Å². The highest BCUT2D eigenvalue weighted by molar-refractivity contribution is 5.71. The van der Waals surface area contributed by atoms with Gasteiger partial charge in [0.25, 0.3) is 0 Å². The van der Waals surface area contributed by atoms with E-state index in [9.17, 15) is 9.90 Å². The first-order valence-corrected chi connectivity index (χ1v) is 5.72. The quantitative estimate of drug-likeness (QED) is 0.850. The number of aliphatic hydroxyl groups is 1. The Balaban J connectivity index is 2.48. The van der Waals surface area contributed by atoms with Crippen LogP contribution in [-0.2, 0) is 11.2 Å². The molecule has 0 saturated carbocycles. The fourth-order valence-electron chi connectivity index (χ4n) is 2.41. The van der Waals surface area contributed by atoms with Crippen LogP contribution in [0, 0.1) is 5.92 Å². The van der Waals surface area contributed by atoms with Crippen molar-refractivity contribution in [2.24, 2.45) is 5.92 Å². The van der Waals surface area contributed by atoms with Gasteiger partial charge in [-0.1, -0.05) is 0 Å². The number of carboxylic acids is 1. The van der Waals surface area contributed by atoms with Crippen molar-refractivity contribution in [3.8, 4) is 11.5 Å². The molecule has 1 aliphatic rings. The molecule has 2 N–H and O–H groups in total. The Bertz CT molecular complexity index is 469. The first-order valence-electron chi connectivity index (χ1n) is 5.72. The lowest BCUT2D eigenvalue weighted by atomic mass is 9.81. The summed E-state index contributed by atoms with van der Waals surface area (Å²) in [5.41, 5.74) is 1.45. The Morgan fingerprint density at radius 2 is 2.06 bits per heavy atom. The molecule has 2 unspecified atom stereocenters. The van der Waals surface area contributed by atoms with E-state index in [4.69, 9.17) is 14.6 Å². The molecule has 5 nitrogen and oxygen atoms in total. The van der Waals surface area contributed by atoms with Crippen molar-refractivity contribution in [1.82, 2.24) is 0 Å². The van der Waals surface area contributed by atoms with Crippen LogP contribution in [0.25, 0.3) is 0 Å². The molecule has 2 atom stereocenters. The number of carbonyl (C=O) groups is 1. The molecule has 0 bridgehead atoms. The van der Waals surface area contributed by atoms with Gasteiger partial charge in [-0.3, -0.25) is 4.79 Å². The van der Waals surface area contributed by atoms with E-state index in [-0.39, 0.29) is 6.42 Å². The molecule has 2 rings (SSSR count). The van der Waals surface area contributed by atoms with Crippen molar-refractivity contribution in [1.29, 1.82) is 0 Å². The van der Waals surface area contributed by atoms with Crippen LogP contribution in [0.5, 0.6) is 11.5 Å². The SMILES string of the molecule is COc1cc2c(c(OC)c1)C(O)CC(C(=O)O)C2. The van der Waals surface area contributed by atoms with E-state index in [0.717, 1.165) is 5.56 Å². The van der Waals surface area contributed by atoms with Gasteiger partial charge in [0, 0.05) is 11.6 Å². The minimum Gasteiger partial charge on any atom is -0.497 e. The standard InChI is InChI=1S/C13H16O5/c1-17-9-4-7-3-8(13(15)16)5-10(14)12(7)11(6-9)18-2/h4,6,8,10,14H,3,5H2,1-2H3,(H,15,16). The fraction of sp³-hybridized carbons (Fsp3) is 0.462. The lowest BCUT2D eigenvalue weighted by molar-refractivity contribution is -0.143. The van der Waals surface area contributed by atoms with Crippen molar-refractivity contribution in [3.05, 3.63) is 23.3 Å². The summed E-state index contributed by atoms with van der Waals surface area (Å²) < 4.78 is 10.4. The van der Waals surface area contributed by atoms with Crippen LogP contribution < -0.4 is 9.47 Å². The van der Waals surface area contributed by atoms with Crippen molar-refractivity contribution >= 4 is 5.97 Å². The van der Waals surface area contributed by atoms with E-state index >= 15 is 0 Å². The molecule has 0 aromatic heterocycles. The molecule has 0 heterocycles. The largest absolute Gasteiger partial charge is 0.497 e. The van der Waals surface area contributed by atoms with Crippen molar-refractivity contribution in [2.75, 3.05) is 14.2 Å². The van der Waals surface area contributed by atoms with Crippen molar-refractivity contribution < 1.29 is 24.5 Å². The van der Waals surface area contributed by atoms with Gasteiger partial charge in [-0.15, -0.1) is 0 Å². The summed E-state index contributed by atoms with van der Waals surface area (Å²) in [6, 6.07) is 3.46. The summed E-state index contributed by atoms with van der Waals surface area (Å²) in [4.78, 5) is 11.0. The molecule has 0 spiro atoms. The molecular weight excluding hydrogens is 236 g/mol. The van der Waals surface area contributed by atoms with E-state index in [2.05, 4.69) is 0 Å². The molecule has 1 aromatic carbocycles. The molecule has 98 valence electrons. The average molecular weight is 252 g/mol. The Hall–Kier alpha value is -1.75. The van der Waals surface area contributed by atoms with Gasteiger partial charge < -0.3 is 19.7 Å². The number of hydrogen-bond donors (Lipinski definition) is 2. The molecule has 0 saturated heterocycles. The van der Waals surface area contributed by atoms with Gasteiger partial charge in [0.05, 0.1) is 26.2 Å². The average Bonchev–Trinajstić information content (AvgIpc) is 2.36. The van der Waals surface area contributed by atoms with Crippen LogP contribution in [0.3, 0.4) is 0 Å². The third-order valence-corrected chi connectivity index (χ3v) is 3.31. The second-order valence-electron chi connectivity index (χ2n) is 4.39. The first-order chi connectivity index (χ1) is 8.56. The number of fused-ring (bicyclic) bond motifs is 1. The molecule has 18 heavy (non-hydrogen) atoms. The Kier molecular flexibility index (Phi) is 3.43. The van der Waals surface area contributed by atoms with Gasteiger partial charge in [-0.05, 0) is 24.5 Å². The van der Waals surface area contributed by atoms with E-state index < -0.39 is 18.0 Å². The van der Waals surface area contributed by atoms with Gasteiger partial charge in [-0.2, -0.15) is 0 Å². The summed E-state index contributed by atoms with van der Waals surface area (Å²) >= 11 is 0. The van der Waals surface area contributed by atoms with Gasteiger partial charge in [0.2, 0.25) is 0 Å². The molecule has 1 aliphatic carbocycles. The van der Waals surface area contributed by atoms with Crippen molar-refractivity contribution in [2.45, 2.75) is 18.9 Å². The number of aliphatic carboxylic acids is 1. The minimum absolute atomic E-state index is 0.213. The normalized spacial score (nSPS) is 22.2. The Morgan fingerprint density at radius 1 is 1.33 bits per heavy atom. The minimum atomic E-state index is -0.888. The molecule has 0 radical (unpaired) electrons. The number of hydrogen-bond acceptors (Lipinski definition) is 4. The third kappa shape index (κ3) is 2.13. The van der Waals surface area contributed by atoms with E-state index in [1.54, 1.807) is 12.1 Å². The maximum absolute atomic E-state index is 11.0. The molecule has 1 aromatic rings. The molecule has 0 amide bonds. The summed E-state index contributed by atoms with van der Waals surface area (Å²) in [6.45, 7) is 0. The zero-order chi connectivity index (χ0) is 13.3. The van der Waals surface area contributed by atoms with Crippen molar-refractivity contribution in [3.63, 3.8) is 0 Å². The lowest BCUT2D eigenvalue weighted by Gasteiger charge is -2.28. The highest BCUT2D eigenvalue weighted by Gasteiger charge is 2.32. The summed E-state index contributed by atoms with van der Waals surface area (Å²) in [7, 11) is 3.06. The molecule has 5 heteroatoms. The second-order valence-corrected chi connectivity index (χ2v) is 4.39. The predicted molar refractivity (Wildman–Crippen MR) is 64.0 cm³/mol. The van der Waals surface area contributed by atoms with Crippen LogP contribution in [0.1, 0.15) is 23.7 Å². The third-order valence-electron chi connectivity index (χ3n) is 3.31. The van der Waals surface area contributed by atoms with Crippen LogP contribution in [0.15, 0.2) is 12.1 Å².